The van der Waals surface area contributed by atoms with Gasteiger partial charge in [-0.2, -0.15) is 52.7 Å². The summed E-state index contributed by atoms with van der Waals surface area (Å²) in [4.78, 5) is 39.9. The molecular formula is C35H25F12N10NaO4. The van der Waals surface area contributed by atoms with Crippen LogP contribution in [0.3, 0.4) is 0 Å². The molecule has 4 heterocycles. The zero-order valence-electron chi connectivity index (χ0n) is 32.3. The SMILES string of the molecule is CN(Cc1cnco1)C(=O)/C=C\n1cnc(-c2cc(C(F)(F)F)cc(C(F)(F)F)c2)n1.O=C(/C=C\n1cnc(-c2cc(C(F)(F)F)cc(C(F)(F)F)c2)n1)NCc1cnco1.[H-].[Na+]. The number of halogens is 12. The molecule has 6 rings (SSSR count). The molecule has 1 N–H and O–H groups in total. The van der Waals surface area contributed by atoms with Gasteiger partial charge in [0.25, 0.3) is 0 Å². The third-order valence-electron chi connectivity index (χ3n) is 7.63. The van der Waals surface area contributed by atoms with E-state index < -0.39 is 69.9 Å². The molecule has 2 aromatic carbocycles. The fourth-order valence-electron chi connectivity index (χ4n) is 4.73. The van der Waals surface area contributed by atoms with Gasteiger partial charge >= 0.3 is 54.3 Å². The van der Waals surface area contributed by atoms with Gasteiger partial charge in [-0.1, -0.05) is 0 Å². The molecule has 27 heteroatoms. The molecule has 0 saturated heterocycles. The maximum atomic E-state index is 13.0. The van der Waals surface area contributed by atoms with E-state index in [-0.39, 0.29) is 67.9 Å². The summed E-state index contributed by atoms with van der Waals surface area (Å²) in [6, 6.07) is 2.11. The van der Waals surface area contributed by atoms with Crippen molar-refractivity contribution < 1.29 is 102 Å². The summed E-state index contributed by atoms with van der Waals surface area (Å²) < 4.78 is 168. The summed E-state index contributed by atoms with van der Waals surface area (Å²) >= 11 is 0. The van der Waals surface area contributed by atoms with Crippen molar-refractivity contribution in [2.75, 3.05) is 7.05 Å². The van der Waals surface area contributed by atoms with E-state index in [2.05, 4.69) is 35.5 Å². The maximum absolute atomic E-state index is 13.0. The van der Waals surface area contributed by atoms with Crippen LogP contribution in [-0.2, 0) is 47.4 Å². The van der Waals surface area contributed by atoms with E-state index in [1.807, 2.05) is 0 Å². The molecule has 0 bridgehead atoms. The minimum absolute atomic E-state index is 0. The molecule has 0 aliphatic heterocycles. The number of nitrogens with one attached hydrogen (secondary N) is 1. The molecule has 324 valence electrons. The standard InChI is InChI=1S/C18H13F6N5O2.C17H11F6N5O2.Na.H/c1-28(8-14-7-25-10-31-14)15(30)2-3-29-9-26-16(27-29)11-4-12(17(19,20)21)6-13(5-11)18(22,23)24;18-16(19,20)11-3-10(4-12(5-11)17(21,22)23)15-26-8-28(27-15)2-1-14(29)25-7-13-6-24-9-30-13;;/h2-7,9-10H,8H2,1H3;1-6,8-9H,7H2,(H,25,29);;/q;;+1;-1/b3-2-;2-1-;;. The van der Waals surface area contributed by atoms with Crippen LogP contribution in [0.15, 0.2) is 95.2 Å². The van der Waals surface area contributed by atoms with Crippen LogP contribution in [0.4, 0.5) is 52.7 Å². The van der Waals surface area contributed by atoms with Gasteiger partial charge in [0.15, 0.2) is 24.4 Å². The number of carbonyl (C=O) groups is 2. The van der Waals surface area contributed by atoms with Gasteiger partial charge in [0.1, 0.15) is 24.2 Å². The van der Waals surface area contributed by atoms with Gasteiger partial charge in [0.05, 0.1) is 47.7 Å². The fourth-order valence-corrected chi connectivity index (χ4v) is 4.73. The minimum atomic E-state index is -4.99. The Bertz CT molecular complexity index is 2430. The largest absolute Gasteiger partial charge is 1.00 e. The number of rotatable bonds is 10. The molecule has 0 unspecified atom stereocenters. The summed E-state index contributed by atoms with van der Waals surface area (Å²) in [6.45, 7) is 0.201. The molecule has 0 aliphatic carbocycles. The van der Waals surface area contributed by atoms with Gasteiger partial charge < -0.3 is 20.5 Å². The Balaban J connectivity index is 0.000000325. The van der Waals surface area contributed by atoms with Gasteiger partial charge in [-0.15, -0.1) is 10.2 Å². The number of amides is 2. The van der Waals surface area contributed by atoms with Crippen molar-refractivity contribution in [2.24, 2.45) is 0 Å². The van der Waals surface area contributed by atoms with Gasteiger partial charge in [0.2, 0.25) is 11.8 Å². The third kappa shape index (κ3) is 13.6. The maximum Gasteiger partial charge on any atom is 1.00 e. The van der Waals surface area contributed by atoms with Crippen molar-refractivity contribution in [3.63, 3.8) is 0 Å². The van der Waals surface area contributed by atoms with E-state index in [0.29, 0.717) is 35.8 Å². The molecule has 6 aromatic rings. The first kappa shape index (κ1) is 48.4. The summed E-state index contributed by atoms with van der Waals surface area (Å²) in [5, 5.41) is 10.1. The number of nitrogens with zero attached hydrogens (tertiary/aromatic N) is 9. The predicted molar refractivity (Wildman–Crippen MR) is 184 cm³/mol. The Morgan fingerprint density at radius 2 is 1.06 bits per heavy atom. The summed E-state index contributed by atoms with van der Waals surface area (Å²) in [7, 11) is 1.49. The van der Waals surface area contributed by atoms with E-state index in [4.69, 9.17) is 8.83 Å². The first-order chi connectivity index (χ1) is 28.5. The van der Waals surface area contributed by atoms with Crippen LogP contribution in [0.2, 0.25) is 0 Å². The van der Waals surface area contributed by atoms with Crippen LogP contribution >= 0.6 is 0 Å². The predicted octanol–water partition coefficient (Wildman–Crippen LogP) is 4.97. The Kier molecular flexibility index (Phi) is 15.3. The molecule has 0 atom stereocenters. The Labute approximate surface area is 362 Å². The number of benzene rings is 2. The van der Waals surface area contributed by atoms with Crippen molar-refractivity contribution in [2.45, 2.75) is 37.8 Å². The van der Waals surface area contributed by atoms with Crippen LogP contribution in [0.1, 0.15) is 35.2 Å². The van der Waals surface area contributed by atoms with Crippen molar-refractivity contribution in [3.05, 3.63) is 120 Å². The van der Waals surface area contributed by atoms with E-state index in [1.165, 1.54) is 37.1 Å². The molecular weight excluding hydrogens is 875 g/mol. The van der Waals surface area contributed by atoms with Crippen LogP contribution < -0.4 is 34.9 Å². The number of oxazole rings is 2. The van der Waals surface area contributed by atoms with E-state index in [9.17, 15) is 62.3 Å². The summed E-state index contributed by atoms with van der Waals surface area (Å²) in [5.41, 5.74) is -6.86. The topological polar surface area (TPSA) is 163 Å². The second-order valence-electron chi connectivity index (χ2n) is 12.2. The number of aromatic nitrogens is 8. The normalized spacial score (nSPS) is 12.3. The summed E-state index contributed by atoms with van der Waals surface area (Å²) in [5.74, 6) is -0.919. The molecule has 0 aliphatic rings. The molecule has 0 fully saturated rings. The van der Waals surface area contributed by atoms with Crippen LogP contribution in [0.5, 0.6) is 0 Å². The fraction of sp³-hybridized carbons (Fsp3) is 0.200. The average Bonchev–Trinajstić information content (AvgIpc) is 4.03. The van der Waals surface area contributed by atoms with E-state index >= 15 is 0 Å². The quantitative estimate of drug-likeness (QED) is 0.113. The number of hydrogen-bond acceptors (Lipinski definition) is 10. The van der Waals surface area contributed by atoms with E-state index in [1.54, 1.807) is 0 Å². The number of hydrogen-bond donors (Lipinski definition) is 1. The van der Waals surface area contributed by atoms with E-state index in [0.717, 1.165) is 46.6 Å². The minimum Gasteiger partial charge on any atom is -1.00 e. The van der Waals surface area contributed by atoms with Gasteiger partial charge in [-0.05, 0) is 36.4 Å². The van der Waals surface area contributed by atoms with Crippen molar-refractivity contribution in [3.8, 4) is 22.8 Å². The van der Waals surface area contributed by atoms with Crippen LogP contribution in [-0.4, -0.2) is 63.3 Å². The van der Waals surface area contributed by atoms with Crippen molar-refractivity contribution in [1.82, 2.24) is 49.7 Å². The third-order valence-corrected chi connectivity index (χ3v) is 7.63. The second-order valence-corrected chi connectivity index (χ2v) is 12.2. The Morgan fingerprint density at radius 1 is 0.661 bits per heavy atom. The number of alkyl halides is 12. The molecule has 62 heavy (non-hydrogen) atoms. The molecule has 0 radical (unpaired) electrons. The average molecular weight is 901 g/mol. The molecule has 2 amide bonds. The van der Waals surface area contributed by atoms with Gasteiger partial charge in [-0.3, -0.25) is 9.59 Å². The zero-order valence-corrected chi connectivity index (χ0v) is 33.3. The Morgan fingerprint density at radius 3 is 1.45 bits per heavy atom. The van der Waals surface area contributed by atoms with Gasteiger partial charge in [-0.25, -0.2) is 29.3 Å². The van der Waals surface area contributed by atoms with Crippen molar-refractivity contribution >= 4 is 24.2 Å². The van der Waals surface area contributed by atoms with Crippen LogP contribution in [0.25, 0.3) is 35.2 Å². The second kappa shape index (κ2) is 19.6. The first-order valence-electron chi connectivity index (χ1n) is 16.5. The molecule has 0 spiro atoms. The first-order valence-corrected chi connectivity index (χ1v) is 16.5. The van der Waals surface area contributed by atoms with Crippen LogP contribution in [0, 0.1) is 0 Å². The van der Waals surface area contributed by atoms with Gasteiger partial charge in [0, 0.05) is 42.7 Å². The number of carbonyl (C=O) groups excluding carboxylic acids is 2. The monoisotopic (exact) mass is 900 g/mol. The molecule has 0 saturated carbocycles. The van der Waals surface area contributed by atoms with Crippen molar-refractivity contribution in [1.29, 1.82) is 0 Å². The smallest absolute Gasteiger partial charge is 1.00 e. The summed E-state index contributed by atoms with van der Waals surface area (Å²) in [6.07, 6.45) is -8.21. The molecule has 4 aromatic heterocycles. The Hall–Kier alpha value is -6.28. The molecule has 14 nitrogen and oxygen atoms in total. The zero-order chi connectivity index (χ0) is 44.8. The number of likely N-dealkylation sites (N-methyl/N-ethyl adjacent to an activating group) is 1.